The first-order chi connectivity index (χ1) is 8.88. The highest BCUT2D eigenvalue weighted by atomic mass is 15.2. The third-order valence-electron chi connectivity index (χ3n) is 3.55. The van der Waals surface area contributed by atoms with Crippen molar-refractivity contribution in [3.8, 4) is 0 Å². The van der Waals surface area contributed by atoms with E-state index in [0.29, 0.717) is 6.04 Å². The summed E-state index contributed by atoms with van der Waals surface area (Å²) in [7, 11) is 0. The minimum Gasteiger partial charge on any atom is -0.351 e. The molecule has 1 aromatic carbocycles. The number of hydrogen-bond acceptors (Lipinski definition) is 4. The Hall–Kier alpha value is -1.68. The standard InChI is InChI=1S/C14H18N4/c1-2-18(11-7-8-15-9-11)14-10-16-12-5-3-4-6-13(12)17-14/h3-6,10-11,15H,2,7-9H2,1H3. The first-order valence-electron chi connectivity index (χ1n) is 6.57. The van der Waals surface area contributed by atoms with Crippen LogP contribution in [0.15, 0.2) is 30.5 Å². The smallest absolute Gasteiger partial charge is 0.148 e. The van der Waals surface area contributed by atoms with Gasteiger partial charge >= 0.3 is 0 Å². The molecule has 0 radical (unpaired) electrons. The van der Waals surface area contributed by atoms with Crippen LogP contribution in [0.3, 0.4) is 0 Å². The molecule has 0 amide bonds. The highest BCUT2D eigenvalue weighted by Gasteiger charge is 2.22. The third kappa shape index (κ3) is 2.04. The van der Waals surface area contributed by atoms with Gasteiger partial charge in [0, 0.05) is 19.1 Å². The van der Waals surface area contributed by atoms with Gasteiger partial charge in [-0.1, -0.05) is 12.1 Å². The van der Waals surface area contributed by atoms with Crippen LogP contribution < -0.4 is 10.2 Å². The molecule has 1 saturated heterocycles. The van der Waals surface area contributed by atoms with Gasteiger partial charge in [0.1, 0.15) is 5.82 Å². The minimum atomic E-state index is 0.547. The fourth-order valence-electron chi connectivity index (χ4n) is 2.60. The highest BCUT2D eigenvalue weighted by Crippen LogP contribution is 2.19. The van der Waals surface area contributed by atoms with Crippen LogP contribution in [0.1, 0.15) is 13.3 Å². The van der Waals surface area contributed by atoms with Crippen molar-refractivity contribution in [1.29, 1.82) is 0 Å². The zero-order valence-corrected chi connectivity index (χ0v) is 10.6. The summed E-state index contributed by atoms with van der Waals surface area (Å²) in [5.74, 6) is 0.991. The van der Waals surface area contributed by atoms with Crippen LogP contribution in [0, 0.1) is 0 Å². The number of hydrogen-bond donors (Lipinski definition) is 1. The van der Waals surface area contributed by atoms with E-state index in [-0.39, 0.29) is 0 Å². The molecule has 1 atom stereocenters. The zero-order chi connectivity index (χ0) is 12.4. The van der Waals surface area contributed by atoms with Gasteiger partial charge in [-0.05, 0) is 32.0 Å². The van der Waals surface area contributed by atoms with Crippen molar-refractivity contribution in [3.63, 3.8) is 0 Å². The molecule has 4 nitrogen and oxygen atoms in total. The van der Waals surface area contributed by atoms with E-state index >= 15 is 0 Å². The normalized spacial score (nSPS) is 19.3. The van der Waals surface area contributed by atoms with Gasteiger partial charge in [0.05, 0.1) is 17.2 Å². The van der Waals surface area contributed by atoms with E-state index in [1.165, 1.54) is 6.42 Å². The number of para-hydroxylation sites is 2. The Kier molecular flexibility index (Phi) is 3.11. The Labute approximate surface area is 107 Å². The molecule has 18 heavy (non-hydrogen) atoms. The molecule has 2 aromatic rings. The minimum absolute atomic E-state index is 0.547. The third-order valence-corrected chi connectivity index (χ3v) is 3.55. The topological polar surface area (TPSA) is 41.1 Å². The maximum absolute atomic E-state index is 4.73. The molecule has 2 heterocycles. The van der Waals surface area contributed by atoms with E-state index in [9.17, 15) is 0 Å². The summed E-state index contributed by atoms with van der Waals surface area (Å²) in [6.07, 6.45) is 3.08. The van der Waals surface area contributed by atoms with E-state index in [2.05, 4.69) is 22.1 Å². The lowest BCUT2D eigenvalue weighted by Crippen LogP contribution is -2.37. The molecule has 1 aliphatic heterocycles. The lowest BCUT2D eigenvalue weighted by Gasteiger charge is -2.28. The van der Waals surface area contributed by atoms with E-state index in [0.717, 1.165) is 36.5 Å². The summed E-state index contributed by atoms with van der Waals surface area (Å²) in [4.78, 5) is 11.6. The second-order valence-electron chi connectivity index (χ2n) is 4.65. The summed E-state index contributed by atoms with van der Waals surface area (Å²) < 4.78 is 0. The Morgan fingerprint density at radius 2 is 2.17 bits per heavy atom. The van der Waals surface area contributed by atoms with E-state index in [1.807, 2.05) is 30.5 Å². The van der Waals surface area contributed by atoms with E-state index < -0.39 is 0 Å². The second kappa shape index (κ2) is 4.90. The Bertz CT molecular complexity index is 534. The molecule has 0 saturated carbocycles. The fraction of sp³-hybridized carbons (Fsp3) is 0.429. The molecule has 0 aliphatic carbocycles. The van der Waals surface area contributed by atoms with E-state index in [4.69, 9.17) is 4.98 Å². The number of fused-ring (bicyclic) bond motifs is 1. The molecule has 3 rings (SSSR count). The van der Waals surface area contributed by atoms with Crippen LogP contribution in [0.2, 0.25) is 0 Å². The largest absolute Gasteiger partial charge is 0.351 e. The second-order valence-corrected chi connectivity index (χ2v) is 4.65. The van der Waals surface area contributed by atoms with Gasteiger partial charge in [0.2, 0.25) is 0 Å². The summed E-state index contributed by atoms with van der Waals surface area (Å²) in [5, 5.41) is 3.40. The van der Waals surface area contributed by atoms with Crippen LogP contribution in [0.25, 0.3) is 11.0 Å². The summed E-state index contributed by atoms with van der Waals surface area (Å²) >= 11 is 0. The average molecular weight is 242 g/mol. The molecular formula is C14H18N4. The van der Waals surface area contributed by atoms with Crippen molar-refractivity contribution < 1.29 is 0 Å². The maximum Gasteiger partial charge on any atom is 0.148 e. The molecule has 94 valence electrons. The molecule has 1 fully saturated rings. The van der Waals surface area contributed by atoms with Crippen LogP contribution in [0.5, 0.6) is 0 Å². The molecule has 0 spiro atoms. The zero-order valence-electron chi connectivity index (χ0n) is 10.6. The van der Waals surface area contributed by atoms with Crippen molar-refractivity contribution in [3.05, 3.63) is 30.5 Å². The lowest BCUT2D eigenvalue weighted by molar-refractivity contribution is 0.640. The van der Waals surface area contributed by atoms with Crippen molar-refractivity contribution in [2.45, 2.75) is 19.4 Å². The number of nitrogens with one attached hydrogen (secondary N) is 1. The first kappa shape index (κ1) is 11.4. The van der Waals surface area contributed by atoms with Gasteiger partial charge in [-0.3, -0.25) is 4.98 Å². The predicted molar refractivity (Wildman–Crippen MR) is 73.8 cm³/mol. The van der Waals surface area contributed by atoms with Crippen LogP contribution >= 0.6 is 0 Å². The van der Waals surface area contributed by atoms with Crippen molar-refractivity contribution >= 4 is 16.9 Å². The fourth-order valence-corrected chi connectivity index (χ4v) is 2.60. The first-order valence-corrected chi connectivity index (χ1v) is 6.57. The molecule has 1 aromatic heterocycles. The van der Waals surface area contributed by atoms with Crippen LogP contribution in [0.4, 0.5) is 5.82 Å². The summed E-state index contributed by atoms with van der Waals surface area (Å²) in [6, 6.07) is 8.57. The van der Waals surface area contributed by atoms with Crippen LogP contribution in [-0.4, -0.2) is 35.6 Å². The van der Waals surface area contributed by atoms with Gasteiger partial charge < -0.3 is 10.2 Å². The molecule has 1 N–H and O–H groups in total. The number of rotatable bonds is 3. The van der Waals surface area contributed by atoms with E-state index in [1.54, 1.807) is 0 Å². The summed E-state index contributed by atoms with van der Waals surface area (Å²) in [6.45, 7) is 5.29. The predicted octanol–water partition coefficient (Wildman–Crippen LogP) is 1.82. The Balaban J connectivity index is 1.96. The van der Waals surface area contributed by atoms with Gasteiger partial charge in [-0.25, -0.2) is 4.98 Å². The van der Waals surface area contributed by atoms with Crippen molar-refractivity contribution in [2.75, 3.05) is 24.5 Å². The molecule has 0 bridgehead atoms. The molecule has 1 unspecified atom stereocenters. The van der Waals surface area contributed by atoms with Crippen molar-refractivity contribution in [2.24, 2.45) is 0 Å². The van der Waals surface area contributed by atoms with Gasteiger partial charge in [-0.2, -0.15) is 0 Å². The highest BCUT2D eigenvalue weighted by molar-refractivity contribution is 5.75. The molecule has 1 aliphatic rings. The number of aromatic nitrogens is 2. The molecular weight excluding hydrogens is 224 g/mol. The lowest BCUT2D eigenvalue weighted by atomic mass is 10.2. The Morgan fingerprint density at radius 1 is 1.33 bits per heavy atom. The van der Waals surface area contributed by atoms with Crippen LogP contribution in [-0.2, 0) is 0 Å². The SMILES string of the molecule is CCN(c1cnc2ccccc2n1)C1CCNC1. The number of nitrogens with zero attached hydrogens (tertiary/aromatic N) is 3. The number of likely N-dealkylation sites (N-methyl/N-ethyl adjacent to an activating group) is 1. The van der Waals surface area contributed by atoms with Gasteiger partial charge in [0.25, 0.3) is 0 Å². The average Bonchev–Trinajstić information content (AvgIpc) is 2.93. The number of anilines is 1. The van der Waals surface area contributed by atoms with Gasteiger partial charge in [-0.15, -0.1) is 0 Å². The molecule has 4 heteroatoms. The number of benzene rings is 1. The maximum atomic E-state index is 4.73. The summed E-state index contributed by atoms with van der Waals surface area (Å²) in [5.41, 5.74) is 1.93. The van der Waals surface area contributed by atoms with Gasteiger partial charge in [0.15, 0.2) is 0 Å². The Morgan fingerprint density at radius 3 is 2.89 bits per heavy atom. The monoisotopic (exact) mass is 242 g/mol. The quantitative estimate of drug-likeness (QED) is 0.891. The van der Waals surface area contributed by atoms with Crippen molar-refractivity contribution in [1.82, 2.24) is 15.3 Å².